The summed E-state index contributed by atoms with van der Waals surface area (Å²) in [5.74, 6) is -0.145. The van der Waals surface area contributed by atoms with Gasteiger partial charge < -0.3 is 4.40 Å². The van der Waals surface area contributed by atoms with Crippen LogP contribution >= 0.6 is 11.3 Å². The molecule has 7 heteroatoms. The van der Waals surface area contributed by atoms with Crippen molar-refractivity contribution >= 4 is 39.6 Å². The number of amides is 1. The first-order valence-corrected chi connectivity index (χ1v) is 7.76. The minimum Gasteiger partial charge on any atom is -0.312 e. The predicted octanol–water partition coefficient (Wildman–Crippen LogP) is 3.45. The molecule has 0 spiro atoms. The molecule has 0 saturated carbocycles. The Balaban J connectivity index is 1.73. The smallest absolute Gasteiger partial charge is 0.279 e. The van der Waals surface area contributed by atoms with E-state index in [9.17, 15) is 9.18 Å². The van der Waals surface area contributed by atoms with Crippen LogP contribution in [0.1, 0.15) is 9.67 Å². The third-order valence-corrected chi connectivity index (χ3v) is 4.33. The quantitative estimate of drug-likeness (QED) is 0.567. The Labute approximate surface area is 134 Å². The topological polar surface area (TPSA) is 58.4 Å². The molecule has 1 amide bonds. The molecule has 0 atom stereocenters. The van der Waals surface area contributed by atoms with Gasteiger partial charge in [0.2, 0.25) is 0 Å². The van der Waals surface area contributed by atoms with E-state index in [1.165, 1.54) is 23.5 Å². The van der Waals surface area contributed by atoms with Crippen molar-refractivity contribution in [1.29, 1.82) is 0 Å². The van der Waals surface area contributed by atoms with Crippen LogP contribution in [0.5, 0.6) is 0 Å². The first kappa shape index (κ1) is 13.7. The lowest BCUT2D eigenvalue weighted by molar-refractivity contribution is 0.0966. The number of carbonyl (C=O) groups excluding carboxylic acids is 1. The molecule has 114 valence electrons. The minimum atomic E-state index is -0.356. The zero-order chi connectivity index (χ0) is 15.8. The first-order chi connectivity index (χ1) is 11.2. The van der Waals surface area contributed by atoms with Gasteiger partial charge in [0.15, 0.2) is 5.82 Å². The molecule has 0 bridgehead atoms. The monoisotopic (exact) mass is 326 g/mol. The zero-order valence-corrected chi connectivity index (χ0v) is 12.6. The summed E-state index contributed by atoms with van der Waals surface area (Å²) in [5, 5.41) is 1.83. The van der Waals surface area contributed by atoms with Crippen LogP contribution in [0.4, 0.5) is 10.2 Å². The van der Waals surface area contributed by atoms with Crippen molar-refractivity contribution < 1.29 is 9.18 Å². The van der Waals surface area contributed by atoms with Crippen molar-refractivity contribution in [1.82, 2.24) is 14.8 Å². The average molecular weight is 326 g/mol. The van der Waals surface area contributed by atoms with Crippen LogP contribution in [0.3, 0.4) is 0 Å². The minimum absolute atomic E-state index is 0.245. The number of fused-ring (bicyclic) bond motifs is 3. The number of carbonyl (C=O) groups is 1. The number of benzene rings is 1. The van der Waals surface area contributed by atoms with E-state index in [0.29, 0.717) is 16.2 Å². The van der Waals surface area contributed by atoms with E-state index >= 15 is 0 Å². The number of thiophene rings is 1. The van der Waals surface area contributed by atoms with Crippen molar-refractivity contribution in [2.45, 2.75) is 0 Å². The molecule has 2 N–H and O–H groups in total. The Morgan fingerprint density at radius 2 is 2.09 bits per heavy atom. The van der Waals surface area contributed by atoms with Gasteiger partial charge in [-0.05, 0) is 35.7 Å². The van der Waals surface area contributed by atoms with Crippen LogP contribution in [0.15, 0.2) is 54.0 Å². The molecule has 0 fully saturated rings. The highest BCUT2D eigenvalue weighted by atomic mass is 32.1. The average Bonchev–Trinajstić information content (AvgIpc) is 3.23. The van der Waals surface area contributed by atoms with E-state index in [-0.39, 0.29) is 11.7 Å². The lowest BCUT2D eigenvalue weighted by atomic mass is 10.3. The standard InChI is InChI=1S/C16H11FN4OS/c17-10-5-6-12-11(9-10)18-15(13-3-1-7-21(12)13)19-20-16(22)14-4-2-8-23-14/h1-9H,(H,18,19)(H,20,22). The SMILES string of the molecule is O=C(NNc1nc2cc(F)ccc2n2cccc12)c1cccs1. The van der Waals surface area contributed by atoms with E-state index in [0.717, 1.165) is 11.0 Å². The van der Waals surface area contributed by atoms with Crippen LogP contribution in [-0.4, -0.2) is 15.3 Å². The fraction of sp³-hybridized carbons (Fsp3) is 0. The second-order valence-electron chi connectivity index (χ2n) is 4.91. The highest BCUT2D eigenvalue weighted by molar-refractivity contribution is 7.12. The van der Waals surface area contributed by atoms with Gasteiger partial charge in [0.05, 0.1) is 21.4 Å². The summed E-state index contributed by atoms with van der Waals surface area (Å²) in [6, 6.07) is 11.7. The Morgan fingerprint density at radius 3 is 2.91 bits per heavy atom. The maximum Gasteiger partial charge on any atom is 0.279 e. The van der Waals surface area contributed by atoms with Gasteiger partial charge >= 0.3 is 0 Å². The number of rotatable bonds is 3. The van der Waals surface area contributed by atoms with Gasteiger partial charge in [-0.25, -0.2) is 9.37 Å². The molecule has 0 aliphatic carbocycles. The molecule has 4 rings (SSSR count). The summed E-state index contributed by atoms with van der Waals surface area (Å²) in [5.41, 5.74) is 7.52. The van der Waals surface area contributed by atoms with Crippen molar-refractivity contribution in [3.8, 4) is 0 Å². The first-order valence-electron chi connectivity index (χ1n) is 6.88. The van der Waals surface area contributed by atoms with Gasteiger partial charge in [0.1, 0.15) is 5.82 Å². The van der Waals surface area contributed by atoms with Gasteiger partial charge in [-0.1, -0.05) is 6.07 Å². The summed E-state index contributed by atoms with van der Waals surface area (Å²) in [6.45, 7) is 0. The summed E-state index contributed by atoms with van der Waals surface area (Å²) >= 11 is 1.35. The van der Waals surface area contributed by atoms with E-state index in [4.69, 9.17) is 0 Å². The van der Waals surface area contributed by atoms with E-state index in [1.807, 2.05) is 34.2 Å². The highest BCUT2D eigenvalue weighted by Crippen LogP contribution is 2.22. The lowest BCUT2D eigenvalue weighted by Crippen LogP contribution is -2.29. The number of hydrazine groups is 1. The van der Waals surface area contributed by atoms with Crippen LogP contribution in [0.2, 0.25) is 0 Å². The number of nitrogens with one attached hydrogen (secondary N) is 2. The van der Waals surface area contributed by atoms with Gasteiger partial charge in [0, 0.05) is 12.3 Å². The second-order valence-corrected chi connectivity index (χ2v) is 5.86. The van der Waals surface area contributed by atoms with Crippen LogP contribution < -0.4 is 10.9 Å². The highest BCUT2D eigenvalue weighted by Gasteiger charge is 2.11. The third-order valence-electron chi connectivity index (χ3n) is 3.46. The number of hydrogen-bond acceptors (Lipinski definition) is 4. The predicted molar refractivity (Wildman–Crippen MR) is 88.1 cm³/mol. The molecule has 5 nitrogen and oxygen atoms in total. The van der Waals surface area contributed by atoms with Crippen molar-refractivity contribution in [2.75, 3.05) is 5.43 Å². The van der Waals surface area contributed by atoms with Crippen LogP contribution in [0.25, 0.3) is 16.6 Å². The summed E-state index contributed by atoms with van der Waals surface area (Å²) in [4.78, 5) is 17.0. The Bertz CT molecular complexity index is 1010. The maximum absolute atomic E-state index is 13.5. The number of aromatic nitrogens is 2. The van der Waals surface area contributed by atoms with E-state index in [1.54, 1.807) is 12.1 Å². The molecular weight excluding hydrogens is 315 g/mol. The van der Waals surface area contributed by atoms with Crippen LogP contribution in [0, 0.1) is 5.82 Å². The number of nitrogens with zero attached hydrogens (tertiary/aromatic N) is 2. The molecule has 0 aliphatic rings. The van der Waals surface area contributed by atoms with E-state index in [2.05, 4.69) is 15.8 Å². The van der Waals surface area contributed by atoms with Crippen molar-refractivity contribution in [2.24, 2.45) is 0 Å². The summed E-state index contributed by atoms with van der Waals surface area (Å²) < 4.78 is 15.3. The largest absolute Gasteiger partial charge is 0.312 e. The number of hydrogen-bond donors (Lipinski definition) is 2. The zero-order valence-electron chi connectivity index (χ0n) is 11.8. The fourth-order valence-corrected chi connectivity index (χ4v) is 3.05. The number of halogens is 1. The molecule has 0 unspecified atom stereocenters. The molecule has 3 aromatic heterocycles. The van der Waals surface area contributed by atoms with Gasteiger partial charge in [-0.2, -0.15) is 0 Å². The van der Waals surface area contributed by atoms with Crippen molar-refractivity contribution in [3.63, 3.8) is 0 Å². The fourth-order valence-electron chi connectivity index (χ4n) is 2.43. The van der Waals surface area contributed by atoms with Gasteiger partial charge in [0.25, 0.3) is 5.91 Å². The normalized spacial score (nSPS) is 11.0. The van der Waals surface area contributed by atoms with Gasteiger partial charge in [-0.3, -0.25) is 15.6 Å². The van der Waals surface area contributed by atoms with E-state index < -0.39 is 0 Å². The second kappa shape index (κ2) is 5.36. The summed E-state index contributed by atoms with van der Waals surface area (Å²) in [7, 11) is 0. The Hall–Kier alpha value is -2.93. The van der Waals surface area contributed by atoms with Gasteiger partial charge in [-0.15, -0.1) is 11.3 Å². The molecule has 0 radical (unpaired) electrons. The lowest BCUT2D eigenvalue weighted by Gasteiger charge is -2.11. The molecule has 0 saturated heterocycles. The van der Waals surface area contributed by atoms with Crippen molar-refractivity contribution in [3.05, 3.63) is 64.7 Å². The van der Waals surface area contributed by atoms with Crippen LogP contribution in [-0.2, 0) is 0 Å². The molecule has 4 aromatic rings. The molecule has 23 heavy (non-hydrogen) atoms. The molecule has 3 heterocycles. The Morgan fingerprint density at radius 1 is 1.17 bits per heavy atom. The molecular formula is C16H11FN4OS. The summed E-state index contributed by atoms with van der Waals surface area (Å²) in [6.07, 6.45) is 1.86. The number of anilines is 1. The Kier molecular flexibility index (Phi) is 3.20. The molecule has 1 aromatic carbocycles. The maximum atomic E-state index is 13.5. The third kappa shape index (κ3) is 2.40. The molecule has 0 aliphatic heterocycles.